The number of anilines is 2. The zero-order valence-electron chi connectivity index (χ0n) is 13.8. The third-order valence-corrected chi connectivity index (χ3v) is 4.32. The Balaban J connectivity index is 0.00000192. The monoisotopic (exact) mass is 332 g/mol. The fourth-order valence-electron chi connectivity index (χ4n) is 2.84. The molecule has 2 aromatic rings. The highest BCUT2D eigenvalue weighted by molar-refractivity contribution is 5.85. The molecule has 3 rings (SSSR count). The fourth-order valence-corrected chi connectivity index (χ4v) is 2.84. The molecular weight excluding hydrogens is 308 g/mol. The molecule has 0 amide bonds. The molecule has 23 heavy (non-hydrogen) atoms. The second-order valence-corrected chi connectivity index (χ2v) is 5.94. The molecule has 2 heterocycles. The molecule has 1 fully saturated rings. The van der Waals surface area contributed by atoms with Gasteiger partial charge in [-0.1, -0.05) is 24.3 Å². The van der Waals surface area contributed by atoms with Crippen LogP contribution >= 0.6 is 12.4 Å². The van der Waals surface area contributed by atoms with Crippen molar-refractivity contribution in [1.82, 2.24) is 15.2 Å². The number of nitrogens with zero attached hydrogens (tertiary/aromatic N) is 3. The quantitative estimate of drug-likeness (QED) is 0.932. The maximum atomic E-state index is 4.63. The minimum atomic E-state index is 0. The van der Waals surface area contributed by atoms with E-state index in [1.165, 1.54) is 5.56 Å². The smallest absolute Gasteiger partial charge is 0.132 e. The van der Waals surface area contributed by atoms with Crippen LogP contribution in [0.4, 0.5) is 11.5 Å². The Bertz CT molecular complexity index is 588. The molecule has 1 aliphatic heterocycles. The van der Waals surface area contributed by atoms with Gasteiger partial charge < -0.3 is 10.2 Å². The Kier molecular flexibility index (Phi) is 6.39. The normalized spacial score (nSPS) is 18.3. The van der Waals surface area contributed by atoms with Crippen molar-refractivity contribution in [2.24, 2.45) is 0 Å². The lowest BCUT2D eigenvalue weighted by atomic mass is 10.2. The van der Waals surface area contributed by atoms with Crippen molar-refractivity contribution in [1.29, 1.82) is 0 Å². The van der Waals surface area contributed by atoms with Crippen LogP contribution in [0.1, 0.15) is 12.5 Å². The lowest BCUT2D eigenvalue weighted by Crippen LogP contribution is -2.49. The summed E-state index contributed by atoms with van der Waals surface area (Å²) in [5, 5.41) is 3.43. The molecule has 4 nitrogen and oxygen atoms in total. The molecule has 1 aromatic heterocycles. The van der Waals surface area contributed by atoms with Gasteiger partial charge in [0.25, 0.3) is 0 Å². The zero-order chi connectivity index (χ0) is 15.4. The maximum absolute atomic E-state index is 4.63. The van der Waals surface area contributed by atoms with Crippen molar-refractivity contribution in [2.45, 2.75) is 19.5 Å². The predicted octanol–water partition coefficient (Wildman–Crippen LogP) is 3.07. The highest BCUT2D eigenvalue weighted by atomic mass is 35.5. The first-order valence-corrected chi connectivity index (χ1v) is 7.92. The Labute approximate surface area is 144 Å². The number of pyridine rings is 1. The molecule has 1 N–H and O–H groups in total. The van der Waals surface area contributed by atoms with Gasteiger partial charge in [0.05, 0.1) is 0 Å². The number of nitrogens with one attached hydrogen (secondary N) is 1. The molecule has 0 aliphatic carbocycles. The second-order valence-electron chi connectivity index (χ2n) is 5.94. The molecule has 1 atom stereocenters. The van der Waals surface area contributed by atoms with Gasteiger partial charge in [0, 0.05) is 51.2 Å². The van der Waals surface area contributed by atoms with Crippen LogP contribution < -0.4 is 10.2 Å². The van der Waals surface area contributed by atoms with Gasteiger partial charge in [0.1, 0.15) is 5.82 Å². The van der Waals surface area contributed by atoms with Gasteiger partial charge in [-0.2, -0.15) is 0 Å². The molecule has 0 saturated carbocycles. The van der Waals surface area contributed by atoms with Gasteiger partial charge in [0.15, 0.2) is 0 Å². The van der Waals surface area contributed by atoms with Crippen LogP contribution in [-0.4, -0.2) is 42.6 Å². The van der Waals surface area contributed by atoms with E-state index >= 15 is 0 Å². The average Bonchev–Trinajstić information content (AvgIpc) is 2.58. The lowest BCUT2D eigenvalue weighted by Gasteiger charge is -2.33. The van der Waals surface area contributed by atoms with Gasteiger partial charge in [-0.05, 0) is 30.7 Å². The van der Waals surface area contributed by atoms with Crippen LogP contribution in [-0.2, 0) is 6.54 Å². The fraction of sp³-hybridized carbons (Fsp3) is 0.389. The number of hydrogen-bond donors (Lipinski definition) is 1. The van der Waals surface area contributed by atoms with Crippen LogP contribution in [0.5, 0.6) is 0 Å². The van der Waals surface area contributed by atoms with E-state index in [-0.39, 0.29) is 12.4 Å². The largest absolute Gasteiger partial charge is 0.329 e. The van der Waals surface area contributed by atoms with Crippen LogP contribution in [0.15, 0.2) is 48.7 Å². The number of para-hydroxylation sites is 1. The summed E-state index contributed by atoms with van der Waals surface area (Å²) in [6.45, 7) is 6.50. The average molecular weight is 333 g/mol. The minimum Gasteiger partial charge on any atom is -0.329 e. The van der Waals surface area contributed by atoms with Gasteiger partial charge in [-0.25, -0.2) is 4.98 Å². The zero-order valence-corrected chi connectivity index (χ0v) is 14.6. The molecule has 0 spiro atoms. The first-order valence-electron chi connectivity index (χ1n) is 7.92. The highest BCUT2D eigenvalue weighted by Gasteiger charge is 2.17. The summed E-state index contributed by atoms with van der Waals surface area (Å²) in [5.41, 5.74) is 2.43. The first kappa shape index (κ1) is 17.7. The van der Waals surface area contributed by atoms with E-state index in [9.17, 15) is 0 Å². The van der Waals surface area contributed by atoms with E-state index in [4.69, 9.17) is 0 Å². The van der Waals surface area contributed by atoms with Crippen LogP contribution in [0, 0.1) is 0 Å². The summed E-state index contributed by atoms with van der Waals surface area (Å²) in [6.07, 6.45) is 2.00. The molecule has 1 saturated heterocycles. The number of benzene rings is 1. The van der Waals surface area contributed by atoms with Gasteiger partial charge in [0.2, 0.25) is 0 Å². The predicted molar refractivity (Wildman–Crippen MR) is 98.7 cm³/mol. The number of piperazine rings is 1. The van der Waals surface area contributed by atoms with Crippen molar-refractivity contribution in [2.75, 3.05) is 31.6 Å². The van der Waals surface area contributed by atoms with Gasteiger partial charge in [-0.3, -0.25) is 4.90 Å². The van der Waals surface area contributed by atoms with Crippen LogP contribution in [0.25, 0.3) is 0 Å². The molecule has 0 bridgehead atoms. The standard InChI is InChI=1S/C18H24N4.ClH/c1-15-12-19-10-11-22(15)14-16-8-9-18(20-13-16)21(2)17-6-4-3-5-7-17;/h3-9,13,15,19H,10-12,14H2,1-2H3;1H/t15-;/m0./s1. The molecule has 124 valence electrons. The first-order chi connectivity index (χ1) is 10.7. The molecule has 0 unspecified atom stereocenters. The summed E-state index contributed by atoms with van der Waals surface area (Å²) >= 11 is 0. The molecule has 1 aromatic carbocycles. The van der Waals surface area contributed by atoms with E-state index in [2.05, 4.69) is 58.3 Å². The molecule has 0 radical (unpaired) electrons. The van der Waals surface area contributed by atoms with E-state index in [0.29, 0.717) is 6.04 Å². The summed E-state index contributed by atoms with van der Waals surface area (Å²) in [6, 6.07) is 15.2. The Morgan fingerprint density at radius 2 is 2.00 bits per heavy atom. The molecular formula is C18H25ClN4. The maximum Gasteiger partial charge on any atom is 0.132 e. The second kappa shape index (κ2) is 8.29. The third kappa shape index (κ3) is 4.44. The van der Waals surface area contributed by atoms with Crippen molar-refractivity contribution in [3.63, 3.8) is 0 Å². The van der Waals surface area contributed by atoms with Crippen LogP contribution in [0.3, 0.4) is 0 Å². The number of rotatable bonds is 4. The number of aromatic nitrogens is 1. The van der Waals surface area contributed by atoms with E-state index in [1.807, 2.05) is 24.4 Å². The Morgan fingerprint density at radius 3 is 2.65 bits per heavy atom. The van der Waals surface area contributed by atoms with Crippen LogP contribution in [0.2, 0.25) is 0 Å². The topological polar surface area (TPSA) is 31.4 Å². The van der Waals surface area contributed by atoms with E-state index in [1.54, 1.807) is 0 Å². The summed E-state index contributed by atoms with van der Waals surface area (Å²) in [4.78, 5) is 9.25. The van der Waals surface area contributed by atoms with E-state index < -0.39 is 0 Å². The summed E-state index contributed by atoms with van der Waals surface area (Å²) < 4.78 is 0. The summed E-state index contributed by atoms with van der Waals surface area (Å²) in [7, 11) is 2.05. The third-order valence-electron chi connectivity index (χ3n) is 4.32. The van der Waals surface area contributed by atoms with E-state index in [0.717, 1.165) is 37.7 Å². The molecule has 1 aliphatic rings. The van der Waals surface area contributed by atoms with Crippen molar-refractivity contribution < 1.29 is 0 Å². The van der Waals surface area contributed by atoms with Gasteiger partial charge >= 0.3 is 0 Å². The van der Waals surface area contributed by atoms with Crippen molar-refractivity contribution in [3.05, 3.63) is 54.2 Å². The number of halogens is 1. The summed E-state index contributed by atoms with van der Waals surface area (Å²) in [5.74, 6) is 0.975. The van der Waals surface area contributed by atoms with Crippen molar-refractivity contribution in [3.8, 4) is 0 Å². The SMILES string of the molecule is C[C@H]1CNCCN1Cc1ccc(N(C)c2ccccc2)nc1.Cl. The highest BCUT2D eigenvalue weighted by Crippen LogP contribution is 2.21. The Hall–Kier alpha value is -1.62. The molecule has 5 heteroatoms. The Morgan fingerprint density at radius 1 is 1.22 bits per heavy atom. The minimum absolute atomic E-state index is 0. The van der Waals surface area contributed by atoms with Crippen molar-refractivity contribution >= 4 is 23.9 Å². The number of hydrogen-bond acceptors (Lipinski definition) is 4. The van der Waals surface area contributed by atoms with Gasteiger partial charge in [-0.15, -0.1) is 12.4 Å². The lowest BCUT2D eigenvalue weighted by molar-refractivity contribution is 0.165.